The summed E-state index contributed by atoms with van der Waals surface area (Å²) in [5.74, 6) is 0. The Labute approximate surface area is 200 Å². The van der Waals surface area contributed by atoms with Gasteiger partial charge in [-0.15, -0.1) is 0 Å². The summed E-state index contributed by atoms with van der Waals surface area (Å²) >= 11 is -1.65. The van der Waals surface area contributed by atoms with Crippen LogP contribution in [0.5, 0.6) is 0 Å². The first kappa shape index (κ1) is 24.7. The van der Waals surface area contributed by atoms with Gasteiger partial charge in [0.15, 0.2) is 0 Å². The van der Waals surface area contributed by atoms with Crippen molar-refractivity contribution < 1.29 is 0 Å². The van der Waals surface area contributed by atoms with Crippen LogP contribution in [0.3, 0.4) is 0 Å². The van der Waals surface area contributed by atoms with Gasteiger partial charge in [-0.3, -0.25) is 0 Å². The van der Waals surface area contributed by atoms with E-state index < -0.39 is 44.0 Å². The van der Waals surface area contributed by atoms with Crippen molar-refractivity contribution in [3.8, 4) is 0 Å². The van der Waals surface area contributed by atoms with Crippen molar-refractivity contribution in [1.82, 2.24) is 0 Å². The minimum absolute atomic E-state index is 1.41. The third-order valence-corrected chi connectivity index (χ3v) is 52.1. The molecular weight excluding hydrogens is 527 g/mol. The van der Waals surface area contributed by atoms with Gasteiger partial charge >= 0.3 is 202 Å². The normalized spacial score (nSPS) is 12.9. The fourth-order valence-electron chi connectivity index (χ4n) is 5.04. The predicted octanol–water partition coefficient (Wildman–Crippen LogP) is 5.95. The van der Waals surface area contributed by atoms with Crippen LogP contribution < -0.4 is 15.6 Å². The molecule has 0 bridgehead atoms. The molecule has 31 heavy (non-hydrogen) atoms. The van der Waals surface area contributed by atoms with Crippen LogP contribution in [-0.2, 0) is 0 Å². The topological polar surface area (TPSA) is 0 Å². The molecular formula is C27H39Si3Sn. The second kappa shape index (κ2) is 10.4. The summed E-state index contributed by atoms with van der Waals surface area (Å²) in [7, 11) is -4.24. The van der Waals surface area contributed by atoms with E-state index in [0.29, 0.717) is 0 Å². The molecule has 0 unspecified atom stereocenters. The van der Waals surface area contributed by atoms with E-state index >= 15 is 0 Å². The van der Waals surface area contributed by atoms with Crippen molar-refractivity contribution in [2.75, 3.05) is 0 Å². The SMILES string of the molecule is C[Si](C)([CH2][Sn]([CH2][Si](C)(C)c1ccccc1)[CH2][Si](C)(C)c1ccccc1)c1ccccc1. The average Bonchev–Trinajstić information content (AvgIpc) is 2.75. The van der Waals surface area contributed by atoms with Gasteiger partial charge < -0.3 is 0 Å². The summed E-state index contributed by atoms with van der Waals surface area (Å²) in [6, 6.07) is 34.5. The molecule has 1 radical (unpaired) electrons. The summed E-state index contributed by atoms with van der Waals surface area (Å²) in [4.78, 5) is 0. The molecule has 0 aliphatic carbocycles. The van der Waals surface area contributed by atoms with Gasteiger partial charge in [0, 0.05) is 0 Å². The van der Waals surface area contributed by atoms with Gasteiger partial charge in [-0.2, -0.15) is 0 Å². The van der Waals surface area contributed by atoms with Crippen LogP contribution >= 0.6 is 0 Å². The molecule has 0 atom stereocenters. The Morgan fingerprint density at radius 1 is 0.419 bits per heavy atom. The van der Waals surface area contributed by atoms with E-state index in [1.165, 1.54) is 0 Å². The molecule has 0 heterocycles. The van der Waals surface area contributed by atoms with Gasteiger partial charge in [-0.1, -0.05) is 0 Å². The molecule has 0 aromatic heterocycles. The van der Waals surface area contributed by atoms with Gasteiger partial charge in [0.1, 0.15) is 0 Å². The summed E-state index contributed by atoms with van der Waals surface area (Å²) < 4.78 is 4.77. The Bertz CT molecular complexity index is 811. The zero-order valence-electron chi connectivity index (χ0n) is 20.3. The summed E-state index contributed by atoms with van der Waals surface area (Å²) in [5.41, 5.74) is 0. The monoisotopic (exact) mass is 567 g/mol. The second-order valence-electron chi connectivity index (χ2n) is 11.0. The molecule has 4 heteroatoms. The van der Waals surface area contributed by atoms with Crippen LogP contribution in [0.4, 0.5) is 0 Å². The third-order valence-electron chi connectivity index (χ3n) is 6.74. The molecule has 0 fully saturated rings. The van der Waals surface area contributed by atoms with Crippen LogP contribution in [0.1, 0.15) is 0 Å². The van der Waals surface area contributed by atoms with E-state index in [9.17, 15) is 0 Å². The van der Waals surface area contributed by atoms with Crippen LogP contribution in [-0.4, -0.2) is 44.0 Å². The molecule has 3 rings (SSSR count). The first-order valence-corrected chi connectivity index (χ1v) is 27.3. The standard InChI is InChI=1S/3C9H13Si.Sn/c3*1-10(2,3)9-7-5-4-6-8-9;/h3*4-8H,1H2,2-3H3;. The predicted molar refractivity (Wildman–Crippen MR) is 151 cm³/mol. The molecule has 0 saturated carbocycles. The molecule has 0 spiro atoms. The molecule has 0 nitrogen and oxygen atoms in total. The van der Waals surface area contributed by atoms with E-state index in [0.717, 1.165) is 0 Å². The van der Waals surface area contributed by atoms with Crippen molar-refractivity contribution in [2.45, 2.75) is 51.5 Å². The average molecular weight is 567 g/mol. The Hall–Kier alpha value is -0.891. The molecule has 0 aliphatic heterocycles. The van der Waals surface area contributed by atoms with Crippen molar-refractivity contribution in [1.29, 1.82) is 0 Å². The summed E-state index contributed by atoms with van der Waals surface area (Å²) in [6.07, 6.45) is 0. The Balaban J connectivity index is 1.90. The van der Waals surface area contributed by atoms with Gasteiger partial charge in [0.25, 0.3) is 0 Å². The number of rotatable bonds is 9. The van der Waals surface area contributed by atoms with Gasteiger partial charge in [0.05, 0.1) is 0 Å². The quantitative estimate of drug-likeness (QED) is 0.281. The van der Waals surface area contributed by atoms with Crippen LogP contribution in [0.25, 0.3) is 0 Å². The maximum atomic E-state index is 2.64. The zero-order chi connectivity index (χ0) is 22.5. The van der Waals surface area contributed by atoms with Crippen LogP contribution in [0.15, 0.2) is 91.0 Å². The molecule has 0 amide bonds. The van der Waals surface area contributed by atoms with Gasteiger partial charge in [0.2, 0.25) is 0 Å². The molecule has 3 aromatic carbocycles. The zero-order valence-corrected chi connectivity index (χ0v) is 26.1. The molecule has 0 aliphatic rings. The summed E-state index contributed by atoms with van der Waals surface area (Å²) in [5, 5.41) is 4.98. The molecule has 0 saturated heterocycles. The Kier molecular flexibility index (Phi) is 8.27. The minimum atomic E-state index is -1.65. The van der Waals surface area contributed by atoms with E-state index in [2.05, 4.69) is 130 Å². The fourth-order valence-corrected chi connectivity index (χ4v) is 61.2. The molecule has 163 valence electrons. The maximum absolute atomic E-state index is 2.64. The number of benzene rings is 3. The Morgan fingerprint density at radius 2 is 0.645 bits per heavy atom. The molecule has 0 N–H and O–H groups in total. The van der Waals surface area contributed by atoms with Crippen LogP contribution in [0, 0.1) is 0 Å². The molecule has 3 aromatic rings. The van der Waals surface area contributed by atoms with Gasteiger partial charge in [-0.05, 0) is 0 Å². The van der Waals surface area contributed by atoms with Crippen molar-refractivity contribution in [2.24, 2.45) is 0 Å². The van der Waals surface area contributed by atoms with E-state index in [4.69, 9.17) is 0 Å². The van der Waals surface area contributed by atoms with E-state index in [1.54, 1.807) is 27.7 Å². The van der Waals surface area contributed by atoms with Crippen LogP contribution in [0.2, 0.25) is 51.5 Å². The van der Waals surface area contributed by atoms with E-state index in [-0.39, 0.29) is 0 Å². The van der Waals surface area contributed by atoms with Crippen molar-refractivity contribution in [3.63, 3.8) is 0 Å². The van der Waals surface area contributed by atoms with Crippen molar-refractivity contribution in [3.05, 3.63) is 91.0 Å². The summed E-state index contributed by atoms with van der Waals surface area (Å²) in [6.45, 7) is 15.8. The fraction of sp³-hybridized carbons (Fsp3) is 0.333. The number of hydrogen-bond acceptors (Lipinski definition) is 0. The Morgan fingerprint density at radius 3 is 0.871 bits per heavy atom. The first-order chi connectivity index (χ1) is 14.6. The number of hydrogen-bond donors (Lipinski definition) is 0. The van der Waals surface area contributed by atoms with Crippen molar-refractivity contribution >= 4 is 59.5 Å². The first-order valence-electron chi connectivity index (χ1n) is 11.6. The third kappa shape index (κ3) is 6.80. The second-order valence-corrected chi connectivity index (χ2v) is 38.5. The van der Waals surface area contributed by atoms with E-state index in [1.807, 2.05) is 0 Å². The van der Waals surface area contributed by atoms with Gasteiger partial charge in [-0.25, -0.2) is 0 Å².